The highest BCUT2D eigenvalue weighted by Gasteiger charge is 2.30. The van der Waals surface area contributed by atoms with Crippen LogP contribution in [0.3, 0.4) is 0 Å². The Balaban J connectivity index is 1.63. The molecule has 2 heterocycles. The summed E-state index contributed by atoms with van der Waals surface area (Å²) < 4.78 is 40.0. The number of nitrogens with zero attached hydrogens (tertiary/aromatic N) is 4. The molecule has 0 radical (unpaired) electrons. The van der Waals surface area contributed by atoms with E-state index >= 15 is 0 Å². The Morgan fingerprint density at radius 1 is 1.19 bits per heavy atom. The molecule has 1 N–H and O–H groups in total. The Labute approximate surface area is 148 Å². The zero-order valence-electron chi connectivity index (χ0n) is 13.1. The van der Waals surface area contributed by atoms with Crippen molar-refractivity contribution in [3.63, 3.8) is 0 Å². The van der Waals surface area contributed by atoms with Crippen LogP contribution >= 0.6 is 11.3 Å². The predicted molar refractivity (Wildman–Crippen MR) is 86.8 cm³/mol. The first kappa shape index (κ1) is 17.9. The van der Waals surface area contributed by atoms with Crippen LogP contribution in [0, 0.1) is 0 Å². The molecule has 0 saturated heterocycles. The number of benzene rings is 1. The van der Waals surface area contributed by atoms with Crippen molar-refractivity contribution in [2.75, 3.05) is 0 Å². The maximum absolute atomic E-state index is 12.7. The highest BCUT2D eigenvalue weighted by atomic mass is 32.1. The lowest BCUT2D eigenvalue weighted by molar-refractivity contribution is -0.137. The van der Waals surface area contributed by atoms with Gasteiger partial charge in [0.25, 0.3) is 0 Å². The Hall–Kier alpha value is -2.95. The summed E-state index contributed by atoms with van der Waals surface area (Å²) in [5.74, 6) is -0.567. The van der Waals surface area contributed by atoms with Gasteiger partial charge >= 0.3 is 11.9 Å². The van der Waals surface area contributed by atoms with Gasteiger partial charge in [0, 0.05) is 6.54 Å². The highest BCUT2D eigenvalue weighted by Crippen LogP contribution is 2.29. The topological polar surface area (TPSA) is 81.8 Å². The molecule has 0 atom stereocenters. The maximum Gasteiger partial charge on any atom is 0.416 e. The Morgan fingerprint density at radius 3 is 2.69 bits per heavy atom. The van der Waals surface area contributed by atoms with Crippen molar-refractivity contribution >= 4 is 17.2 Å². The molecule has 136 valence electrons. The Kier molecular flexibility index (Phi) is 4.89. The van der Waals surface area contributed by atoms with Gasteiger partial charge in [0.1, 0.15) is 11.5 Å². The molecule has 1 amide bonds. The molecule has 2 aromatic heterocycles. The van der Waals surface area contributed by atoms with Crippen molar-refractivity contribution in [1.29, 1.82) is 0 Å². The highest BCUT2D eigenvalue weighted by molar-refractivity contribution is 7.12. The second kappa shape index (κ2) is 7.12. The third kappa shape index (κ3) is 3.99. The first-order valence-electron chi connectivity index (χ1n) is 7.34. The van der Waals surface area contributed by atoms with Crippen LogP contribution in [-0.4, -0.2) is 25.7 Å². The molecule has 26 heavy (non-hydrogen) atoms. The van der Waals surface area contributed by atoms with Gasteiger partial charge < -0.3 is 5.32 Å². The van der Waals surface area contributed by atoms with Crippen LogP contribution < -0.4 is 11.0 Å². The molecule has 0 saturated carbocycles. The molecule has 0 aliphatic heterocycles. The van der Waals surface area contributed by atoms with Crippen molar-refractivity contribution in [1.82, 2.24) is 25.1 Å². The van der Waals surface area contributed by atoms with Crippen LogP contribution in [0.4, 0.5) is 13.2 Å². The van der Waals surface area contributed by atoms with E-state index in [0.717, 1.165) is 21.5 Å². The van der Waals surface area contributed by atoms with Gasteiger partial charge in [-0.3, -0.25) is 4.79 Å². The van der Waals surface area contributed by atoms with E-state index in [2.05, 4.69) is 15.7 Å². The van der Waals surface area contributed by atoms with Gasteiger partial charge in [-0.2, -0.15) is 22.5 Å². The lowest BCUT2D eigenvalue weighted by atomic mass is 10.1. The number of hydrogen-bond acceptors (Lipinski definition) is 5. The van der Waals surface area contributed by atoms with Gasteiger partial charge in [-0.25, -0.2) is 4.79 Å². The number of nitrogens with one attached hydrogen (secondary N) is 1. The second-order valence-corrected chi connectivity index (χ2v) is 6.18. The molecule has 11 heteroatoms. The zero-order chi connectivity index (χ0) is 18.7. The van der Waals surface area contributed by atoms with E-state index in [1.807, 2.05) is 0 Å². The van der Waals surface area contributed by atoms with E-state index < -0.39 is 23.3 Å². The number of halogens is 3. The van der Waals surface area contributed by atoms with Crippen LogP contribution in [0.5, 0.6) is 0 Å². The monoisotopic (exact) mass is 383 g/mol. The number of amides is 1. The van der Waals surface area contributed by atoms with Gasteiger partial charge in [0.15, 0.2) is 0 Å². The van der Waals surface area contributed by atoms with E-state index in [9.17, 15) is 22.8 Å². The second-order valence-electron chi connectivity index (χ2n) is 5.26. The minimum Gasteiger partial charge on any atom is -0.350 e. The van der Waals surface area contributed by atoms with Crippen LogP contribution in [0.2, 0.25) is 0 Å². The lowest BCUT2D eigenvalue weighted by Crippen LogP contribution is -2.33. The van der Waals surface area contributed by atoms with Crippen LogP contribution in [0.15, 0.2) is 46.6 Å². The van der Waals surface area contributed by atoms with Crippen molar-refractivity contribution in [2.24, 2.45) is 0 Å². The SMILES string of the molecule is O=C(Cn1nnn(-c2cccs2)c1=O)NCc1cccc(C(F)(F)F)c1. The summed E-state index contributed by atoms with van der Waals surface area (Å²) in [7, 11) is 0. The van der Waals surface area contributed by atoms with Gasteiger partial charge in [-0.15, -0.1) is 11.3 Å². The van der Waals surface area contributed by atoms with Crippen molar-refractivity contribution in [3.8, 4) is 5.00 Å². The largest absolute Gasteiger partial charge is 0.416 e. The molecule has 1 aromatic carbocycles. The maximum atomic E-state index is 12.7. The molecule has 3 aromatic rings. The summed E-state index contributed by atoms with van der Waals surface area (Å²) in [6.07, 6.45) is -4.45. The molecule has 0 unspecified atom stereocenters. The molecular weight excluding hydrogens is 371 g/mol. The summed E-state index contributed by atoms with van der Waals surface area (Å²) in [5.41, 5.74) is -1.08. The van der Waals surface area contributed by atoms with Crippen molar-refractivity contribution in [2.45, 2.75) is 19.3 Å². The summed E-state index contributed by atoms with van der Waals surface area (Å²) in [4.78, 5) is 24.1. The molecule has 0 spiro atoms. The molecule has 0 bridgehead atoms. The number of carbonyl (C=O) groups excluding carboxylic acids is 1. The minimum atomic E-state index is -4.45. The predicted octanol–water partition coefficient (Wildman–Crippen LogP) is 1.83. The van der Waals surface area contributed by atoms with Gasteiger partial charge in [0.2, 0.25) is 5.91 Å². The number of carbonyl (C=O) groups is 1. The average molecular weight is 383 g/mol. The minimum absolute atomic E-state index is 0.101. The van der Waals surface area contributed by atoms with Crippen LogP contribution in [0.25, 0.3) is 5.00 Å². The number of rotatable bonds is 5. The van der Waals surface area contributed by atoms with Gasteiger partial charge in [-0.1, -0.05) is 12.1 Å². The fraction of sp³-hybridized carbons (Fsp3) is 0.200. The summed E-state index contributed by atoms with van der Waals surface area (Å²) in [6, 6.07) is 8.06. The quantitative estimate of drug-likeness (QED) is 0.729. The molecular formula is C15H12F3N5O2S. The smallest absolute Gasteiger partial charge is 0.350 e. The third-order valence-electron chi connectivity index (χ3n) is 3.39. The van der Waals surface area contributed by atoms with Crippen molar-refractivity contribution in [3.05, 3.63) is 63.4 Å². The standard InChI is InChI=1S/C15H12F3N5O2S/c16-15(17,18)11-4-1-3-10(7-11)8-19-12(24)9-22-14(25)23(21-20-22)13-5-2-6-26-13/h1-7H,8-9H2,(H,19,24). The fourth-order valence-electron chi connectivity index (χ4n) is 2.15. The van der Waals surface area contributed by atoms with Crippen LogP contribution in [0.1, 0.15) is 11.1 Å². The van der Waals surface area contributed by atoms with E-state index in [1.54, 1.807) is 17.5 Å². The van der Waals surface area contributed by atoms with E-state index in [-0.39, 0.29) is 13.1 Å². The van der Waals surface area contributed by atoms with Crippen molar-refractivity contribution < 1.29 is 18.0 Å². The Bertz CT molecular complexity index is 962. The summed E-state index contributed by atoms with van der Waals surface area (Å²) in [6.45, 7) is -0.486. The number of alkyl halides is 3. The fourth-order valence-corrected chi connectivity index (χ4v) is 2.82. The first-order valence-corrected chi connectivity index (χ1v) is 8.22. The lowest BCUT2D eigenvalue weighted by Gasteiger charge is -2.09. The van der Waals surface area contributed by atoms with Gasteiger partial charge in [-0.05, 0) is 45.6 Å². The van der Waals surface area contributed by atoms with E-state index in [4.69, 9.17) is 0 Å². The number of thiophene rings is 1. The molecule has 0 aliphatic carbocycles. The molecule has 0 aliphatic rings. The Morgan fingerprint density at radius 2 is 2.00 bits per heavy atom. The normalized spacial score (nSPS) is 11.5. The van der Waals surface area contributed by atoms with Gasteiger partial charge in [0.05, 0.1) is 5.56 Å². The molecule has 3 rings (SSSR count). The number of aromatic nitrogens is 4. The number of hydrogen-bond donors (Lipinski definition) is 1. The first-order chi connectivity index (χ1) is 12.3. The zero-order valence-corrected chi connectivity index (χ0v) is 13.9. The molecule has 7 nitrogen and oxygen atoms in total. The van der Waals surface area contributed by atoms with E-state index in [0.29, 0.717) is 10.6 Å². The van der Waals surface area contributed by atoms with E-state index in [1.165, 1.54) is 23.5 Å². The summed E-state index contributed by atoms with van der Waals surface area (Å²) in [5, 5.41) is 12.1. The third-order valence-corrected chi connectivity index (χ3v) is 4.24. The molecule has 0 fully saturated rings. The average Bonchev–Trinajstić information content (AvgIpc) is 3.23. The summed E-state index contributed by atoms with van der Waals surface area (Å²) >= 11 is 1.29. The number of tetrazole rings is 1. The van der Waals surface area contributed by atoms with Crippen LogP contribution in [-0.2, 0) is 24.1 Å².